The molecule has 7 heteroatoms. The summed E-state index contributed by atoms with van der Waals surface area (Å²) in [7, 11) is 1.53. The molecule has 2 aromatic carbocycles. The molecular weight excluding hydrogens is 384 g/mol. The third-order valence-electron chi connectivity index (χ3n) is 5.54. The molecule has 0 bridgehead atoms. The quantitative estimate of drug-likeness (QED) is 0.756. The smallest absolute Gasteiger partial charge is 0.260 e. The lowest BCUT2D eigenvalue weighted by molar-refractivity contribution is -0.137. The molecule has 2 aromatic rings. The predicted molar refractivity (Wildman–Crippen MR) is 111 cm³/mol. The van der Waals surface area contributed by atoms with Crippen LogP contribution < -0.4 is 9.47 Å². The Hall–Kier alpha value is -3.06. The maximum absolute atomic E-state index is 13.0. The van der Waals surface area contributed by atoms with Crippen molar-refractivity contribution < 1.29 is 23.8 Å². The topological polar surface area (TPSA) is 68.3 Å². The van der Waals surface area contributed by atoms with Crippen LogP contribution in [0.1, 0.15) is 21.5 Å². The molecular formula is C23H26N2O5. The molecule has 0 atom stereocenters. The Balaban J connectivity index is 1.41. The molecule has 2 aliphatic heterocycles. The zero-order chi connectivity index (χ0) is 20.9. The molecule has 158 valence electrons. The fourth-order valence-corrected chi connectivity index (χ4v) is 3.82. The van der Waals surface area contributed by atoms with Gasteiger partial charge >= 0.3 is 0 Å². The van der Waals surface area contributed by atoms with Gasteiger partial charge in [-0.1, -0.05) is 24.3 Å². The Kier molecular flexibility index (Phi) is 6.18. The molecule has 0 radical (unpaired) electrons. The SMILES string of the molecule is COc1cc(C(=O)N2CCc3ccccc3C2)ccc1OCC(=O)N1CCOCC1. The summed E-state index contributed by atoms with van der Waals surface area (Å²) in [5.41, 5.74) is 3.02. The average molecular weight is 410 g/mol. The molecule has 0 spiro atoms. The summed E-state index contributed by atoms with van der Waals surface area (Å²) in [6.45, 7) is 3.46. The minimum absolute atomic E-state index is 0.0428. The second-order valence-electron chi connectivity index (χ2n) is 7.39. The van der Waals surface area contributed by atoms with Crippen molar-refractivity contribution in [3.8, 4) is 11.5 Å². The van der Waals surface area contributed by atoms with Gasteiger partial charge in [-0.05, 0) is 35.7 Å². The maximum atomic E-state index is 13.0. The largest absolute Gasteiger partial charge is 0.493 e. The first-order valence-corrected chi connectivity index (χ1v) is 10.2. The Morgan fingerprint density at radius 1 is 0.967 bits per heavy atom. The van der Waals surface area contributed by atoms with Crippen molar-refractivity contribution >= 4 is 11.8 Å². The lowest BCUT2D eigenvalue weighted by Crippen LogP contribution is -2.43. The van der Waals surface area contributed by atoms with E-state index in [1.54, 1.807) is 23.1 Å². The van der Waals surface area contributed by atoms with Gasteiger partial charge in [0, 0.05) is 31.7 Å². The minimum Gasteiger partial charge on any atom is -0.493 e. The first kappa shape index (κ1) is 20.2. The third kappa shape index (κ3) is 4.41. The van der Waals surface area contributed by atoms with Gasteiger partial charge in [0.15, 0.2) is 18.1 Å². The fraction of sp³-hybridized carbons (Fsp3) is 0.391. The highest BCUT2D eigenvalue weighted by atomic mass is 16.5. The molecule has 7 nitrogen and oxygen atoms in total. The summed E-state index contributed by atoms with van der Waals surface area (Å²) >= 11 is 0. The summed E-state index contributed by atoms with van der Waals surface area (Å²) in [6.07, 6.45) is 0.851. The first-order valence-electron chi connectivity index (χ1n) is 10.2. The van der Waals surface area contributed by atoms with E-state index >= 15 is 0 Å². The van der Waals surface area contributed by atoms with Gasteiger partial charge in [-0.3, -0.25) is 9.59 Å². The maximum Gasteiger partial charge on any atom is 0.260 e. The van der Waals surface area contributed by atoms with E-state index in [1.165, 1.54) is 18.2 Å². The van der Waals surface area contributed by atoms with Crippen molar-refractivity contribution in [1.29, 1.82) is 0 Å². The number of amides is 2. The van der Waals surface area contributed by atoms with E-state index < -0.39 is 0 Å². The standard InChI is InChI=1S/C23H26N2O5/c1-28-21-14-18(23(27)25-9-8-17-4-2-3-5-19(17)15-25)6-7-20(21)30-16-22(26)24-10-12-29-13-11-24/h2-7,14H,8-13,15-16H2,1H3. The van der Waals surface area contributed by atoms with E-state index in [9.17, 15) is 9.59 Å². The summed E-state index contributed by atoms with van der Waals surface area (Å²) < 4.78 is 16.4. The molecule has 4 rings (SSSR count). The van der Waals surface area contributed by atoms with E-state index in [1.807, 2.05) is 17.0 Å². The number of hydrogen-bond acceptors (Lipinski definition) is 5. The molecule has 1 fully saturated rings. The van der Waals surface area contributed by atoms with Crippen molar-refractivity contribution in [1.82, 2.24) is 9.80 Å². The number of fused-ring (bicyclic) bond motifs is 1. The van der Waals surface area contributed by atoms with Gasteiger partial charge in [0.05, 0.1) is 20.3 Å². The second-order valence-corrected chi connectivity index (χ2v) is 7.39. The molecule has 2 amide bonds. The lowest BCUT2D eigenvalue weighted by Gasteiger charge is -2.29. The number of ether oxygens (including phenoxy) is 3. The van der Waals surface area contributed by atoms with E-state index in [-0.39, 0.29) is 18.4 Å². The molecule has 1 saturated heterocycles. The number of carbonyl (C=O) groups is 2. The molecule has 2 aliphatic rings. The second kappa shape index (κ2) is 9.17. The number of rotatable bonds is 5. The highest BCUT2D eigenvalue weighted by Crippen LogP contribution is 2.29. The number of hydrogen-bond donors (Lipinski definition) is 0. The highest BCUT2D eigenvalue weighted by Gasteiger charge is 2.23. The zero-order valence-corrected chi connectivity index (χ0v) is 17.1. The molecule has 0 saturated carbocycles. The van der Waals surface area contributed by atoms with Crippen LogP contribution in [0.2, 0.25) is 0 Å². The van der Waals surface area contributed by atoms with Crippen molar-refractivity contribution in [2.75, 3.05) is 46.6 Å². The van der Waals surface area contributed by atoms with Gasteiger partial charge in [0.2, 0.25) is 0 Å². The van der Waals surface area contributed by atoms with Gasteiger partial charge in [-0.15, -0.1) is 0 Å². The fourth-order valence-electron chi connectivity index (χ4n) is 3.82. The lowest BCUT2D eigenvalue weighted by atomic mass is 9.99. The summed E-state index contributed by atoms with van der Waals surface area (Å²) in [5.74, 6) is 0.749. The number of methoxy groups -OCH3 is 1. The van der Waals surface area contributed by atoms with Crippen molar-refractivity contribution in [3.63, 3.8) is 0 Å². The van der Waals surface area contributed by atoms with Crippen LogP contribution in [0.5, 0.6) is 11.5 Å². The van der Waals surface area contributed by atoms with Crippen LogP contribution in [0.3, 0.4) is 0 Å². The van der Waals surface area contributed by atoms with Gasteiger partial charge in [0.25, 0.3) is 11.8 Å². The van der Waals surface area contributed by atoms with E-state index in [4.69, 9.17) is 14.2 Å². The van der Waals surface area contributed by atoms with Crippen LogP contribution in [0.15, 0.2) is 42.5 Å². The Morgan fingerprint density at radius 2 is 1.73 bits per heavy atom. The van der Waals surface area contributed by atoms with Crippen molar-refractivity contribution in [3.05, 3.63) is 59.2 Å². The van der Waals surface area contributed by atoms with E-state index in [0.717, 1.165) is 6.42 Å². The number of benzene rings is 2. The summed E-state index contributed by atoms with van der Waals surface area (Å²) in [4.78, 5) is 28.9. The summed E-state index contributed by atoms with van der Waals surface area (Å²) in [5, 5.41) is 0. The number of morpholine rings is 1. The van der Waals surface area contributed by atoms with Crippen LogP contribution in [-0.4, -0.2) is 68.2 Å². The minimum atomic E-state index is -0.0903. The molecule has 0 N–H and O–H groups in total. The van der Waals surface area contributed by atoms with Crippen LogP contribution >= 0.6 is 0 Å². The number of carbonyl (C=O) groups excluding carboxylic acids is 2. The van der Waals surface area contributed by atoms with Gasteiger partial charge < -0.3 is 24.0 Å². The molecule has 2 heterocycles. The molecule has 30 heavy (non-hydrogen) atoms. The Bertz CT molecular complexity index is 924. The first-order chi connectivity index (χ1) is 14.7. The van der Waals surface area contributed by atoms with Crippen LogP contribution in [-0.2, 0) is 22.5 Å². The zero-order valence-electron chi connectivity index (χ0n) is 17.1. The van der Waals surface area contributed by atoms with E-state index in [2.05, 4.69) is 12.1 Å². The monoisotopic (exact) mass is 410 g/mol. The Labute approximate surface area is 176 Å². The van der Waals surface area contributed by atoms with Crippen molar-refractivity contribution in [2.45, 2.75) is 13.0 Å². The predicted octanol–water partition coefficient (Wildman–Crippen LogP) is 2.13. The summed E-state index contributed by atoms with van der Waals surface area (Å²) in [6, 6.07) is 13.3. The van der Waals surface area contributed by atoms with Gasteiger partial charge in [-0.25, -0.2) is 0 Å². The number of nitrogens with zero attached hydrogens (tertiary/aromatic N) is 2. The third-order valence-corrected chi connectivity index (χ3v) is 5.54. The molecule has 0 aliphatic carbocycles. The van der Waals surface area contributed by atoms with Crippen LogP contribution in [0, 0.1) is 0 Å². The Morgan fingerprint density at radius 3 is 2.50 bits per heavy atom. The van der Waals surface area contributed by atoms with Crippen molar-refractivity contribution in [2.24, 2.45) is 0 Å². The highest BCUT2D eigenvalue weighted by molar-refractivity contribution is 5.95. The van der Waals surface area contributed by atoms with Crippen LogP contribution in [0.4, 0.5) is 0 Å². The van der Waals surface area contributed by atoms with Gasteiger partial charge in [-0.2, -0.15) is 0 Å². The normalized spacial score (nSPS) is 16.0. The van der Waals surface area contributed by atoms with Crippen LogP contribution in [0.25, 0.3) is 0 Å². The van der Waals surface area contributed by atoms with Gasteiger partial charge in [0.1, 0.15) is 0 Å². The molecule has 0 unspecified atom stereocenters. The van der Waals surface area contributed by atoms with E-state index in [0.29, 0.717) is 56.5 Å². The molecule has 0 aromatic heterocycles. The average Bonchev–Trinajstić information content (AvgIpc) is 2.82.